The Labute approximate surface area is 222 Å². The second kappa shape index (κ2) is 15.7. The highest BCUT2D eigenvalue weighted by Gasteiger charge is 2.30. The smallest absolute Gasteiger partial charge is 0.0162 e. The molecule has 3 saturated carbocycles. The number of hydrogen-bond acceptors (Lipinski definition) is 2. The van der Waals surface area contributed by atoms with Crippen molar-refractivity contribution in [1.82, 2.24) is 0 Å². The van der Waals surface area contributed by atoms with Gasteiger partial charge in [0.1, 0.15) is 0 Å². The van der Waals surface area contributed by atoms with E-state index in [4.69, 9.17) is 4.91 Å². The second-order valence-electron chi connectivity index (χ2n) is 12.7. The zero-order valence-electron chi connectivity index (χ0n) is 23.6. The van der Waals surface area contributed by atoms with E-state index < -0.39 is 0 Å². The summed E-state index contributed by atoms with van der Waals surface area (Å²) in [7, 11) is 0. The van der Waals surface area contributed by atoms with Gasteiger partial charge in [0.2, 0.25) is 0 Å². The predicted octanol–water partition coefficient (Wildman–Crippen LogP) is 11.0. The molecule has 3 aliphatic carbocycles. The van der Waals surface area contributed by atoms with Crippen LogP contribution in [0.4, 0.5) is 0 Å². The van der Waals surface area contributed by atoms with Gasteiger partial charge in [-0.1, -0.05) is 100 Å². The topological polar surface area (TPSA) is 40.9 Å². The molecule has 4 rings (SSSR count). The zero-order chi connectivity index (χ0) is 25.8. The van der Waals surface area contributed by atoms with Crippen molar-refractivity contribution in [2.24, 2.45) is 29.6 Å². The fourth-order valence-corrected chi connectivity index (χ4v) is 7.83. The molecule has 1 N–H and O–H groups in total. The maximum Gasteiger partial charge on any atom is -0.0162 e. The Balaban J connectivity index is 0.00000176. The Morgan fingerprint density at radius 3 is 1.78 bits per heavy atom. The number of allylic oxidation sites excluding steroid dienone is 1. The number of aryl methyl sites for hydroxylation is 1. The van der Waals surface area contributed by atoms with E-state index in [1.165, 1.54) is 95.5 Å². The highest BCUT2D eigenvalue weighted by atomic mass is 16.2. The Morgan fingerprint density at radius 1 is 0.750 bits per heavy atom. The molecule has 3 aliphatic rings. The Bertz CT molecular complexity index is 731. The molecule has 2 heteroatoms. The van der Waals surface area contributed by atoms with Crippen LogP contribution in [0, 0.1) is 40.1 Å². The largest absolute Gasteiger partial charge is 0.154 e. The lowest BCUT2D eigenvalue weighted by Crippen LogP contribution is -2.26. The van der Waals surface area contributed by atoms with Crippen LogP contribution in [-0.2, 0) is 6.42 Å². The van der Waals surface area contributed by atoms with E-state index in [0.29, 0.717) is 0 Å². The summed E-state index contributed by atoms with van der Waals surface area (Å²) < 4.78 is 0. The van der Waals surface area contributed by atoms with E-state index >= 15 is 0 Å². The van der Waals surface area contributed by atoms with Gasteiger partial charge in [0.05, 0.1) is 0 Å². The lowest BCUT2D eigenvalue weighted by molar-refractivity contribution is 0.140. The summed E-state index contributed by atoms with van der Waals surface area (Å²) in [6.45, 7) is 8.74. The van der Waals surface area contributed by atoms with Crippen LogP contribution in [0.15, 0.2) is 36.4 Å². The fourth-order valence-electron chi connectivity index (χ4n) is 7.83. The molecular formula is C34H55NO. The van der Waals surface area contributed by atoms with Crippen LogP contribution in [0.3, 0.4) is 0 Å². The van der Waals surface area contributed by atoms with Gasteiger partial charge < -0.3 is 0 Å². The molecule has 0 atom stereocenters. The minimum Gasteiger partial charge on any atom is -0.154 e. The highest BCUT2D eigenvalue weighted by Crippen LogP contribution is 2.43. The number of rotatable bonds is 10. The molecule has 0 bridgehead atoms. The highest BCUT2D eigenvalue weighted by molar-refractivity contribution is 5.26. The standard InChI is InChI=1S/C34H54.HNO/c1-4-5-6-7-27-10-16-31(17-11-27)32-18-12-28(13-19-32)8-9-29-14-20-33(21-15-29)34-24-22-30(23-25-34)26(2)3;1-2/h14-15,20-21,27-28,30-32,34H,2,4-13,16-19,22-25H2,1,3H3;1H. The van der Waals surface area contributed by atoms with Crippen molar-refractivity contribution in [2.45, 2.75) is 135 Å². The summed E-state index contributed by atoms with van der Waals surface area (Å²) in [6.07, 6.45) is 26.2. The average Bonchev–Trinajstić information content (AvgIpc) is 2.94. The lowest BCUT2D eigenvalue weighted by atomic mass is 9.68. The first-order valence-electron chi connectivity index (χ1n) is 15.6. The van der Waals surface area contributed by atoms with Crippen LogP contribution < -0.4 is 0 Å². The third kappa shape index (κ3) is 8.84. The van der Waals surface area contributed by atoms with Crippen LogP contribution >= 0.6 is 0 Å². The van der Waals surface area contributed by atoms with Crippen molar-refractivity contribution in [3.8, 4) is 0 Å². The first-order valence-corrected chi connectivity index (χ1v) is 15.6. The fraction of sp³-hybridized carbons (Fsp3) is 0.765. The zero-order valence-corrected chi connectivity index (χ0v) is 23.6. The number of nitroso groups, excluding NO2 is 1. The minimum atomic E-state index is 0.774. The summed E-state index contributed by atoms with van der Waals surface area (Å²) in [6, 6.07) is 9.81. The molecule has 0 radical (unpaired) electrons. The van der Waals surface area contributed by atoms with Gasteiger partial charge in [-0.15, -0.1) is 0 Å². The molecule has 0 spiro atoms. The van der Waals surface area contributed by atoms with Crippen molar-refractivity contribution in [2.75, 3.05) is 0 Å². The van der Waals surface area contributed by atoms with Gasteiger partial charge in [0, 0.05) is 0 Å². The first kappa shape index (κ1) is 29.1. The van der Waals surface area contributed by atoms with Crippen LogP contribution in [0.2, 0.25) is 0 Å². The van der Waals surface area contributed by atoms with E-state index in [2.05, 4.69) is 50.3 Å². The average molecular weight is 494 g/mol. The van der Waals surface area contributed by atoms with E-state index in [-0.39, 0.29) is 0 Å². The molecule has 0 saturated heterocycles. The summed E-state index contributed by atoms with van der Waals surface area (Å²) in [5.41, 5.74) is 9.06. The molecule has 0 amide bonds. The van der Waals surface area contributed by atoms with E-state index in [0.717, 1.165) is 35.5 Å². The quantitative estimate of drug-likeness (QED) is 0.196. The Hall–Kier alpha value is -1.44. The minimum absolute atomic E-state index is 0.774. The van der Waals surface area contributed by atoms with Gasteiger partial charge >= 0.3 is 0 Å². The summed E-state index contributed by atoms with van der Waals surface area (Å²) in [5, 5.41) is 0. The molecule has 202 valence electrons. The van der Waals surface area contributed by atoms with Crippen LogP contribution in [0.25, 0.3) is 0 Å². The van der Waals surface area contributed by atoms with Crippen molar-refractivity contribution < 1.29 is 0 Å². The summed E-state index contributed by atoms with van der Waals surface area (Å²) >= 11 is 0. The number of hydrogen-bond donors (Lipinski definition) is 1. The molecule has 36 heavy (non-hydrogen) atoms. The molecule has 0 heterocycles. The SMILES string of the molecule is C=C(C)C1CCC(c2ccc(CCC3CCC(C4CCC(CCCCC)CC4)CC3)cc2)CC1.N=O. The molecule has 0 aliphatic heterocycles. The van der Waals surface area contributed by atoms with E-state index in [1.54, 1.807) is 36.8 Å². The van der Waals surface area contributed by atoms with Crippen molar-refractivity contribution in [1.29, 1.82) is 5.59 Å². The second-order valence-corrected chi connectivity index (χ2v) is 12.7. The van der Waals surface area contributed by atoms with Crippen LogP contribution in [-0.4, -0.2) is 0 Å². The predicted molar refractivity (Wildman–Crippen MR) is 155 cm³/mol. The number of benzene rings is 1. The monoisotopic (exact) mass is 493 g/mol. The maximum absolute atomic E-state index is 7.50. The van der Waals surface area contributed by atoms with Gasteiger partial charge in [-0.2, -0.15) is 4.91 Å². The number of unbranched alkanes of at least 4 members (excludes halogenated alkanes) is 2. The normalized spacial score (nSPS) is 30.7. The molecule has 1 aromatic carbocycles. The van der Waals surface area contributed by atoms with Crippen LogP contribution in [0.1, 0.15) is 140 Å². The first-order chi connectivity index (χ1) is 17.6. The molecule has 1 aromatic rings. The summed E-state index contributed by atoms with van der Waals surface area (Å²) in [5.74, 6) is 5.74. The Kier molecular flexibility index (Phi) is 12.7. The van der Waals surface area contributed by atoms with Gasteiger partial charge in [-0.25, -0.2) is 0 Å². The molecule has 0 unspecified atom stereocenters. The molecule has 0 aromatic heterocycles. The Morgan fingerprint density at radius 2 is 1.28 bits per heavy atom. The summed E-state index contributed by atoms with van der Waals surface area (Å²) in [4.78, 5) is 7.50. The van der Waals surface area contributed by atoms with Gasteiger partial charge in [-0.05, 0) is 118 Å². The van der Waals surface area contributed by atoms with Gasteiger partial charge in [-0.3, -0.25) is 0 Å². The van der Waals surface area contributed by atoms with Crippen molar-refractivity contribution >= 4 is 0 Å². The van der Waals surface area contributed by atoms with E-state index in [1.807, 2.05) is 0 Å². The van der Waals surface area contributed by atoms with Gasteiger partial charge in [0.15, 0.2) is 0 Å². The molecule has 3 fully saturated rings. The molecule has 2 nitrogen and oxygen atoms in total. The lowest BCUT2D eigenvalue weighted by Gasteiger charge is -2.38. The van der Waals surface area contributed by atoms with Crippen molar-refractivity contribution in [3.05, 3.63) is 52.5 Å². The third-order valence-electron chi connectivity index (χ3n) is 10.4. The third-order valence-corrected chi connectivity index (χ3v) is 10.4. The van der Waals surface area contributed by atoms with Crippen molar-refractivity contribution in [3.63, 3.8) is 0 Å². The van der Waals surface area contributed by atoms with Crippen LogP contribution in [0.5, 0.6) is 0 Å². The maximum atomic E-state index is 7.50. The molecular weight excluding hydrogens is 438 g/mol. The van der Waals surface area contributed by atoms with Gasteiger partial charge in [0.25, 0.3) is 0 Å². The van der Waals surface area contributed by atoms with E-state index in [9.17, 15) is 0 Å². The number of nitrogens with one attached hydrogen (secondary N) is 1.